The predicted octanol–water partition coefficient (Wildman–Crippen LogP) is 2.94. The number of carbonyl (C=O) groups excluding carboxylic acids is 1. The van der Waals surface area contributed by atoms with Crippen LogP contribution in [0.2, 0.25) is 0 Å². The second-order valence-corrected chi connectivity index (χ2v) is 5.36. The Morgan fingerprint density at radius 1 is 1.27 bits per heavy atom. The average Bonchev–Trinajstić information content (AvgIpc) is 2.73. The van der Waals surface area contributed by atoms with Crippen molar-refractivity contribution < 1.29 is 9.53 Å². The maximum atomic E-state index is 11.9. The van der Waals surface area contributed by atoms with E-state index in [0.29, 0.717) is 0 Å². The maximum Gasteiger partial charge on any atom is 0.410 e. The molecule has 1 saturated heterocycles. The van der Waals surface area contributed by atoms with Crippen LogP contribution in [0, 0.1) is 0 Å². The van der Waals surface area contributed by atoms with Gasteiger partial charge in [-0.05, 0) is 52.4 Å². The minimum Gasteiger partial charge on any atom is -0.446 e. The van der Waals surface area contributed by atoms with Gasteiger partial charge in [-0.2, -0.15) is 0 Å². The molecule has 1 saturated carbocycles. The van der Waals surface area contributed by atoms with Crippen molar-refractivity contribution in [1.29, 1.82) is 0 Å². The van der Waals surface area contributed by atoms with E-state index >= 15 is 0 Å². The van der Waals surface area contributed by atoms with Gasteiger partial charge in [0.05, 0.1) is 0 Å². The van der Waals surface area contributed by atoms with E-state index < -0.39 is 0 Å². The van der Waals surface area contributed by atoms with E-state index in [1.807, 2.05) is 4.90 Å². The molecule has 0 aromatic carbocycles. The van der Waals surface area contributed by atoms with Crippen molar-refractivity contribution in [3.63, 3.8) is 0 Å². The molecule has 2 rings (SSSR count). The molecule has 1 aliphatic carbocycles. The van der Waals surface area contributed by atoms with Crippen molar-refractivity contribution in [2.24, 2.45) is 0 Å². The first-order valence-electron chi connectivity index (χ1n) is 6.08. The van der Waals surface area contributed by atoms with Gasteiger partial charge in [0.1, 0.15) is 6.10 Å². The number of hydrogen-bond acceptors (Lipinski definition) is 2. The van der Waals surface area contributed by atoms with Gasteiger partial charge in [0.25, 0.3) is 0 Å². The first kappa shape index (κ1) is 10.8. The fourth-order valence-electron chi connectivity index (χ4n) is 2.66. The zero-order chi connectivity index (χ0) is 10.9. The first-order chi connectivity index (χ1) is 7.09. The zero-order valence-electron chi connectivity index (χ0n) is 9.79. The Labute approximate surface area is 91.8 Å². The lowest BCUT2D eigenvalue weighted by atomic mass is 10.0. The van der Waals surface area contributed by atoms with Crippen LogP contribution in [-0.2, 0) is 4.74 Å². The Bertz CT molecular complexity index is 244. The average molecular weight is 211 g/mol. The van der Waals surface area contributed by atoms with Crippen LogP contribution >= 0.6 is 0 Å². The molecule has 3 nitrogen and oxygen atoms in total. The van der Waals surface area contributed by atoms with Crippen molar-refractivity contribution in [2.75, 3.05) is 6.54 Å². The summed E-state index contributed by atoms with van der Waals surface area (Å²) in [5.41, 5.74) is -0.00428. The summed E-state index contributed by atoms with van der Waals surface area (Å²) in [5, 5.41) is 0. The molecule has 1 heterocycles. The van der Waals surface area contributed by atoms with Crippen molar-refractivity contribution in [1.82, 2.24) is 4.90 Å². The van der Waals surface area contributed by atoms with Crippen molar-refractivity contribution in [3.05, 3.63) is 0 Å². The molecule has 3 heteroatoms. The lowest BCUT2D eigenvalue weighted by Crippen LogP contribution is -2.43. The van der Waals surface area contributed by atoms with Crippen LogP contribution in [0.4, 0.5) is 4.79 Å². The van der Waals surface area contributed by atoms with E-state index in [4.69, 9.17) is 4.74 Å². The highest BCUT2D eigenvalue weighted by atomic mass is 16.6. The third kappa shape index (κ3) is 2.27. The van der Waals surface area contributed by atoms with E-state index in [2.05, 4.69) is 13.8 Å². The molecule has 0 spiro atoms. The van der Waals surface area contributed by atoms with Crippen molar-refractivity contribution in [3.8, 4) is 0 Å². The summed E-state index contributed by atoms with van der Waals surface area (Å²) in [5.74, 6) is 0. The Morgan fingerprint density at radius 3 is 2.47 bits per heavy atom. The van der Waals surface area contributed by atoms with Crippen LogP contribution in [0.3, 0.4) is 0 Å². The van der Waals surface area contributed by atoms with E-state index in [9.17, 15) is 4.79 Å². The summed E-state index contributed by atoms with van der Waals surface area (Å²) in [6, 6.07) is 0. The van der Waals surface area contributed by atoms with Crippen LogP contribution in [-0.4, -0.2) is 29.2 Å². The molecule has 0 radical (unpaired) electrons. The highest BCUT2D eigenvalue weighted by Crippen LogP contribution is 2.30. The highest BCUT2D eigenvalue weighted by Gasteiger charge is 2.37. The second kappa shape index (κ2) is 4.03. The van der Waals surface area contributed by atoms with Crippen LogP contribution in [0.25, 0.3) is 0 Å². The van der Waals surface area contributed by atoms with Gasteiger partial charge in [-0.1, -0.05) is 0 Å². The lowest BCUT2D eigenvalue weighted by molar-refractivity contribution is 0.0491. The summed E-state index contributed by atoms with van der Waals surface area (Å²) in [6.07, 6.45) is 6.82. The molecule has 1 amide bonds. The van der Waals surface area contributed by atoms with Gasteiger partial charge in [0.2, 0.25) is 0 Å². The summed E-state index contributed by atoms with van der Waals surface area (Å²) >= 11 is 0. The smallest absolute Gasteiger partial charge is 0.410 e. The quantitative estimate of drug-likeness (QED) is 0.667. The number of amides is 1. The number of hydrogen-bond donors (Lipinski definition) is 0. The fraction of sp³-hybridized carbons (Fsp3) is 0.917. The van der Waals surface area contributed by atoms with Crippen LogP contribution in [0.15, 0.2) is 0 Å². The van der Waals surface area contributed by atoms with Crippen molar-refractivity contribution >= 4 is 6.09 Å². The summed E-state index contributed by atoms with van der Waals surface area (Å²) in [6.45, 7) is 5.10. The molecule has 2 fully saturated rings. The number of nitrogens with zero attached hydrogens (tertiary/aromatic N) is 1. The Hall–Kier alpha value is -0.730. The van der Waals surface area contributed by atoms with Gasteiger partial charge < -0.3 is 9.64 Å². The predicted molar refractivity (Wildman–Crippen MR) is 58.8 cm³/mol. The zero-order valence-corrected chi connectivity index (χ0v) is 9.79. The third-order valence-corrected chi connectivity index (χ3v) is 3.69. The summed E-state index contributed by atoms with van der Waals surface area (Å²) < 4.78 is 5.52. The number of likely N-dealkylation sites (tertiary alicyclic amines) is 1. The Morgan fingerprint density at radius 2 is 1.93 bits per heavy atom. The van der Waals surface area contributed by atoms with Crippen LogP contribution in [0.1, 0.15) is 52.4 Å². The summed E-state index contributed by atoms with van der Waals surface area (Å²) in [4.78, 5) is 13.8. The van der Waals surface area contributed by atoms with Gasteiger partial charge >= 0.3 is 6.09 Å². The van der Waals surface area contributed by atoms with E-state index in [1.165, 1.54) is 12.8 Å². The molecule has 0 atom stereocenters. The molecule has 0 aromatic heterocycles. The molecule has 0 bridgehead atoms. The SMILES string of the molecule is CC1(C)CCCN1C(=O)OC1CCCC1. The van der Waals surface area contributed by atoms with Gasteiger partial charge in [0, 0.05) is 12.1 Å². The minimum absolute atomic E-state index is 0.00428. The van der Waals surface area contributed by atoms with Gasteiger partial charge in [-0.3, -0.25) is 0 Å². The molecule has 0 aromatic rings. The number of carbonyl (C=O) groups is 1. The molecule has 1 aliphatic heterocycles. The second-order valence-electron chi connectivity index (χ2n) is 5.36. The molecule has 0 unspecified atom stereocenters. The monoisotopic (exact) mass is 211 g/mol. The molecule has 86 valence electrons. The minimum atomic E-state index is -0.0931. The van der Waals surface area contributed by atoms with Gasteiger partial charge in [0.15, 0.2) is 0 Å². The number of ether oxygens (including phenoxy) is 1. The first-order valence-corrected chi connectivity index (χ1v) is 6.08. The highest BCUT2D eigenvalue weighted by molar-refractivity contribution is 5.69. The summed E-state index contributed by atoms with van der Waals surface area (Å²) in [7, 11) is 0. The van der Waals surface area contributed by atoms with E-state index in [1.54, 1.807) is 0 Å². The van der Waals surface area contributed by atoms with Crippen molar-refractivity contribution in [2.45, 2.75) is 64.0 Å². The van der Waals surface area contributed by atoms with Crippen LogP contribution < -0.4 is 0 Å². The molecule has 0 N–H and O–H groups in total. The standard InChI is InChI=1S/C12H21NO2/c1-12(2)8-5-9-13(12)11(14)15-10-6-3-4-7-10/h10H,3-9H2,1-2H3. The fourth-order valence-corrected chi connectivity index (χ4v) is 2.66. The van der Waals surface area contributed by atoms with E-state index in [0.717, 1.165) is 32.2 Å². The third-order valence-electron chi connectivity index (χ3n) is 3.69. The lowest BCUT2D eigenvalue weighted by Gasteiger charge is -2.31. The normalized spacial score (nSPS) is 25.9. The topological polar surface area (TPSA) is 29.5 Å². The Kier molecular flexibility index (Phi) is 2.89. The maximum absolute atomic E-state index is 11.9. The van der Waals surface area contributed by atoms with Crippen LogP contribution in [0.5, 0.6) is 0 Å². The molecular weight excluding hydrogens is 190 g/mol. The molecule has 2 aliphatic rings. The Balaban J connectivity index is 1.89. The largest absolute Gasteiger partial charge is 0.446 e. The molecule has 15 heavy (non-hydrogen) atoms. The van der Waals surface area contributed by atoms with E-state index in [-0.39, 0.29) is 17.7 Å². The van der Waals surface area contributed by atoms with Gasteiger partial charge in [-0.15, -0.1) is 0 Å². The number of rotatable bonds is 1. The van der Waals surface area contributed by atoms with Gasteiger partial charge in [-0.25, -0.2) is 4.79 Å². The molecular formula is C12H21NO2.